The molecule has 0 spiro atoms. The van der Waals surface area contributed by atoms with Crippen molar-refractivity contribution in [2.45, 2.75) is 32.8 Å². The molecular weight excluding hydrogens is 112 g/mol. The first kappa shape index (κ1) is 8.52. The van der Waals surface area contributed by atoms with E-state index in [1.54, 1.807) is 7.11 Å². The maximum Gasteiger partial charge on any atom is 0.115 e. The Hall–Kier alpha value is -0.480. The van der Waals surface area contributed by atoms with E-state index in [1.807, 2.05) is 6.92 Å². The molecule has 0 N–H and O–H groups in total. The van der Waals surface area contributed by atoms with Crippen LogP contribution in [0, 0.1) is 11.8 Å². The number of methoxy groups -OCH3 is 1. The number of unbranched alkanes of at least 4 members (excludes halogenated alkanes) is 1. The van der Waals surface area contributed by atoms with E-state index < -0.39 is 0 Å². The molecule has 1 atom stereocenters. The fraction of sp³-hybridized carbons (Fsp3) is 0.750. The quantitative estimate of drug-likeness (QED) is 0.513. The Morgan fingerprint density at radius 2 is 2.22 bits per heavy atom. The summed E-state index contributed by atoms with van der Waals surface area (Å²) >= 11 is 0. The molecule has 0 aromatic carbocycles. The Morgan fingerprint density at radius 1 is 1.56 bits per heavy atom. The molecule has 9 heavy (non-hydrogen) atoms. The lowest BCUT2D eigenvalue weighted by Crippen LogP contribution is -1.99. The summed E-state index contributed by atoms with van der Waals surface area (Å²) in [5.74, 6) is 5.97. The maximum atomic E-state index is 4.92. The zero-order chi connectivity index (χ0) is 7.11. The Kier molecular flexibility index (Phi) is 5.35. The van der Waals surface area contributed by atoms with Gasteiger partial charge in [-0.3, -0.25) is 0 Å². The molecule has 0 saturated heterocycles. The molecule has 0 saturated carbocycles. The van der Waals surface area contributed by atoms with Crippen molar-refractivity contribution in [1.29, 1.82) is 0 Å². The van der Waals surface area contributed by atoms with Crippen molar-refractivity contribution in [2.75, 3.05) is 7.11 Å². The topological polar surface area (TPSA) is 9.23 Å². The maximum absolute atomic E-state index is 4.92. The van der Waals surface area contributed by atoms with Gasteiger partial charge in [-0.25, -0.2) is 0 Å². The van der Waals surface area contributed by atoms with Crippen molar-refractivity contribution in [3.63, 3.8) is 0 Å². The highest BCUT2D eigenvalue weighted by molar-refractivity contribution is 5.03. The van der Waals surface area contributed by atoms with Gasteiger partial charge in [-0.15, -0.1) is 5.92 Å². The summed E-state index contributed by atoms with van der Waals surface area (Å²) in [7, 11) is 1.67. The van der Waals surface area contributed by atoms with Crippen LogP contribution in [0.5, 0.6) is 0 Å². The number of hydrogen-bond acceptors (Lipinski definition) is 1. The van der Waals surface area contributed by atoms with Gasteiger partial charge in [0, 0.05) is 13.5 Å². The third-order valence-corrected chi connectivity index (χ3v) is 1.03. The van der Waals surface area contributed by atoms with Crippen LogP contribution in [0.4, 0.5) is 0 Å². The van der Waals surface area contributed by atoms with E-state index in [0.29, 0.717) is 0 Å². The third-order valence-electron chi connectivity index (χ3n) is 1.03. The standard InChI is InChI=1S/C8H14O/c1-4-5-6-7-8(2)9-3/h8H,4-5H2,1-3H3. The molecule has 0 aliphatic carbocycles. The molecular formula is C8H14O. The SMILES string of the molecule is CCCC#CC(C)OC. The average molecular weight is 126 g/mol. The largest absolute Gasteiger partial charge is 0.369 e. The molecule has 1 unspecified atom stereocenters. The van der Waals surface area contributed by atoms with E-state index in [-0.39, 0.29) is 6.10 Å². The predicted molar refractivity (Wildman–Crippen MR) is 39.2 cm³/mol. The second-order valence-electron chi connectivity index (χ2n) is 1.95. The normalized spacial score (nSPS) is 11.9. The first-order valence-electron chi connectivity index (χ1n) is 3.32. The Bertz CT molecular complexity index is 107. The van der Waals surface area contributed by atoms with Gasteiger partial charge >= 0.3 is 0 Å². The monoisotopic (exact) mass is 126 g/mol. The van der Waals surface area contributed by atoms with Crippen LogP contribution in [0.2, 0.25) is 0 Å². The fourth-order valence-corrected chi connectivity index (χ4v) is 0.400. The molecule has 0 fully saturated rings. The van der Waals surface area contributed by atoms with Gasteiger partial charge in [-0.05, 0) is 13.3 Å². The highest BCUT2D eigenvalue weighted by atomic mass is 16.5. The molecule has 0 amide bonds. The van der Waals surface area contributed by atoms with E-state index in [2.05, 4.69) is 18.8 Å². The van der Waals surface area contributed by atoms with Crippen LogP contribution < -0.4 is 0 Å². The summed E-state index contributed by atoms with van der Waals surface area (Å²) in [6.45, 7) is 4.06. The van der Waals surface area contributed by atoms with Crippen molar-refractivity contribution in [2.24, 2.45) is 0 Å². The van der Waals surface area contributed by atoms with Crippen LogP contribution in [-0.2, 0) is 4.74 Å². The summed E-state index contributed by atoms with van der Waals surface area (Å²) in [4.78, 5) is 0. The van der Waals surface area contributed by atoms with Gasteiger partial charge in [-0.1, -0.05) is 12.8 Å². The molecule has 0 rings (SSSR count). The first-order chi connectivity index (χ1) is 4.31. The van der Waals surface area contributed by atoms with Crippen molar-refractivity contribution in [3.05, 3.63) is 0 Å². The molecule has 1 heteroatoms. The van der Waals surface area contributed by atoms with Gasteiger partial charge in [0.05, 0.1) is 0 Å². The lowest BCUT2D eigenvalue weighted by atomic mass is 10.3. The van der Waals surface area contributed by atoms with Crippen molar-refractivity contribution in [1.82, 2.24) is 0 Å². The average Bonchev–Trinajstić information content (AvgIpc) is 1.89. The van der Waals surface area contributed by atoms with Gasteiger partial charge in [-0.2, -0.15) is 0 Å². The number of rotatable bonds is 2. The molecule has 0 heterocycles. The van der Waals surface area contributed by atoms with E-state index in [1.165, 1.54) is 0 Å². The number of hydrogen-bond donors (Lipinski definition) is 0. The van der Waals surface area contributed by atoms with Crippen LogP contribution in [0.25, 0.3) is 0 Å². The van der Waals surface area contributed by atoms with Crippen LogP contribution in [0.1, 0.15) is 26.7 Å². The van der Waals surface area contributed by atoms with E-state index in [9.17, 15) is 0 Å². The second kappa shape index (κ2) is 5.65. The summed E-state index contributed by atoms with van der Waals surface area (Å²) in [6, 6.07) is 0. The summed E-state index contributed by atoms with van der Waals surface area (Å²) in [6.07, 6.45) is 2.20. The molecule has 0 bridgehead atoms. The van der Waals surface area contributed by atoms with Crippen LogP contribution in [0.3, 0.4) is 0 Å². The minimum Gasteiger partial charge on any atom is -0.369 e. The van der Waals surface area contributed by atoms with Crippen LogP contribution in [-0.4, -0.2) is 13.2 Å². The summed E-state index contributed by atoms with van der Waals surface area (Å²) in [5.41, 5.74) is 0. The lowest BCUT2D eigenvalue weighted by Gasteiger charge is -1.96. The smallest absolute Gasteiger partial charge is 0.115 e. The van der Waals surface area contributed by atoms with E-state index in [0.717, 1.165) is 12.8 Å². The van der Waals surface area contributed by atoms with E-state index >= 15 is 0 Å². The Balaban J connectivity index is 3.33. The summed E-state index contributed by atoms with van der Waals surface area (Å²) in [5, 5.41) is 0. The molecule has 52 valence electrons. The molecule has 0 aliphatic rings. The molecule has 0 aliphatic heterocycles. The van der Waals surface area contributed by atoms with Crippen molar-refractivity contribution in [3.8, 4) is 11.8 Å². The minimum absolute atomic E-state index is 0.0940. The van der Waals surface area contributed by atoms with Crippen molar-refractivity contribution < 1.29 is 4.74 Å². The number of ether oxygens (including phenoxy) is 1. The molecule has 1 nitrogen and oxygen atoms in total. The minimum atomic E-state index is 0.0940. The Labute approximate surface area is 57.4 Å². The van der Waals surface area contributed by atoms with Crippen LogP contribution >= 0.6 is 0 Å². The van der Waals surface area contributed by atoms with Crippen LogP contribution in [0.15, 0.2) is 0 Å². The zero-order valence-electron chi connectivity index (χ0n) is 6.40. The fourth-order valence-electron chi connectivity index (χ4n) is 0.400. The van der Waals surface area contributed by atoms with Gasteiger partial charge in [0.2, 0.25) is 0 Å². The van der Waals surface area contributed by atoms with Gasteiger partial charge < -0.3 is 4.74 Å². The van der Waals surface area contributed by atoms with Gasteiger partial charge in [0.1, 0.15) is 6.10 Å². The zero-order valence-corrected chi connectivity index (χ0v) is 6.40. The molecule has 0 radical (unpaired) electrons. The first-order valence-corrected chi connectivity index (χ1v) is 3.32. The highest BCUT2D eigenvalue weighted by Gasteiger charge is 1.86. The lowest BCUT2D eigenvalue weighted by molar-refractivity contribution is 0.163. The van der Waals surface area contributed by atoms with Crippen molar-refractivity contribution >= 4 is 0 Å². The van der Waals surface area contributed by atoms with E-state index in [4.69, 9.17) is 4.74 Å². The summed E-state index contributed by atoms with van der Waals surface area (Å²) < 4.78 is 4.92. The second-order valence-corrected chi connectivity index (χ2v) is 1.95. The van der Waals surface area contributed by atoms with Gasteiger partial charge in [0.25, 0.3) is 0 Å². The molecule has 0 aromatic rings. The Morgan fingerprint density at radius 3 is 2.67 bits per heavy atom. The highest BCUT2D eigenvalue weighted by Crippen LogP contribution is 1.85. The van der Waals surface area contributed by atoms with Gasteiger partial charge in [0.15, 0.2) is 0 Å². The predicted octanol–water partition coefficient (Wildman–Crippen LogP) is 1.82. The molecule has 0 aromatic heterocycles. The third kappa shape index (κ3) is 5.39.